The Labute approximate surface area is 141 Å². The normalized spacial score (nSPS) is 17.2. The zero-order valence-corrected chi connectivity index (χ0v) is 14.2. The van der Waals surface area contributed by atoms with Crippen molar-refractivity contribution >= 4 is 5.91 Å². The van der Waals surface area contributed by atoms with Gasteiger partial charge >= 0.3 is 0 Å². The summed E-state index contributed by atoms with van der Waals surface area (Å²) in [5, 5.41) is 4.03. The quantitative estimate of drug-likeness (QED) is 0.814. The van der Waals surface area contributed by atoms with E-state index in [0.717, 1.165) is 30.7 Å². The number of ether oxygens (including phenoxy) is 1. The van der Waals surface area contributed by atoms with E-state index in [4.69, 9.17) is 9.26 Å². The fourth-order valence-electron chi connectivity index (χ4n) is 2.99. The lowest BCUT2D eigenvalue weighted by Crippen LogP contribution is -2.29. The van der Waals surface area contributed by atoms with E-state index in [1.54, 1.807) is 0 Å². The van der Waals surface area contributed by atoms with E-state index >= 15 is 0 Å². The molecule has 1 aromatic carbocycles. The Morgan fingerprint density at radius 1 is 1.46 bits per heavy atom. The van der Waals surface area contributed by atoms with E-state index in [-0.39, 0.29) is 11.9 Å². The number of hydrogen-bond donors (Lipinski definition) is 0. The highest BCUT2D eigenvalue weighted by molar-refractivity contribution is 5.76. The Bertz CT molecular complexity index is 698. The van der Waals surface area contributed by atoms with Crippen LogP contribution in [0, 0.1) is 6.92 Å². The van der Waals surface area contributed by atoms with Gasteiger partial charge in [0.1, 0.15) is 11.8 Å². The van der Waals surface area contributed by atoms with Crippen LogP contribution < -0.4 is 4.74 Å². The van der Waals surface area contributed by atoms with Crippen molar-refractivity contribution in [3.8, 4) is 5.75 Å². The van der Waals surface area contributed by atoms with Gasteiger partial charge < -0.3 is 14.2 Å². The van der Waals surface area contributed by atoms with Crippen molar-refractivity contribution in [1.29, 1.82) is 0 Å². The third kappa shape index (κ3) is 3.75. The fraction of sp³-hybridized carbons (Fsp3) is 0.500. The minimum absolute atomic E-state index is 0.0728. The molecule has 6 nitrogen and oxygen atoms in total. The van der Waals surface area contributed by atoms with Crippen molar-refractivity contribution in [2.45, 2.75) is 45.6 Å². The summed E-state index contributed by atoms with van der Waals surface area (Å²) in [6, 6.07) is 7.85. The van der Waals surface area contributed by atoms with Gasteiger partial charge in [-0.05, 0) is 37.5 Å². The van der Waals surface area contributed by atoms with Crippen LogP contribution in [0.1, 0.15) is 49.5 Å². The van der Waals surface area contributed by atoms with Gasteiger partial charge in [-0.1, -0.05) is 24.2 Å². The van der Waals surface area contributed by atoms with Gasteiger partial charge in [0.25, 0.3) is 0 Å². The van der Waals surface area contributed by atoms with E-state index in [1.807, 2.05) is 43.0 Å². The summed E-state index contributed by atoms with van der Waals surface area (Å²) >= 11 is 0. The first-order valence-electron chi connectivity index (χ1n) is 8.48. The number of carbonyl (C=O) groups is 1. The maximum absolute atomic E-state index is 12.0. The van der Waals surface area contributed by atoms with Crippen LogP contribution in [0.4, 0.5) is 0 Å². The second-order valence-corrected chi connectivity index (χ2v) is 6.06. The number of likely N-dealkylation sites (tertiary alicyclic amines) is 1. The van der Waals surface area contributed by atoms with Gasteiger partial charge in [-0.2, -0.15) is 4.98 Å². The first-order chi connectivity index (χ1) is 11.7. The molecule has 3 rings (SSSR count). The predicted molar refractivity (Wildman–Crippen MR) is 88.7 cm³/mol. The molecule has 2 heterocycles. The van der Waals surface area contributed by atoms with E-state index < -0.39 is 0 Å². The summed E-state index contributed by atoms with van der Waals surface area (Å²) in [4.78, 5) is 18.3. The van der Waals surface area contributed by atoms with E-state index in [0.29, 0.717) is 31.2 Å². The molecule has 6 heteroatoms. The molecule has 1 fully saturated rings. The van der Waals surface area contributed by atoms with Crippen LogP contribution in [-0.2, 0) is 11.2 Å². The highest BCUT2D eigenvalue weighted by atomic mass is 16.5. The molecular formula is C18H23N3O3. The SMILES string of the molecule is CCC(=O)N1CCCC1c1nc(CCOc2cccc(C)c2)no1. The molecule has 0 bridgehead atoms. The first kappa shape index (κ1) is 16.5. The van der Waals surface area contributed by atoms with Crippen LogP contribution in [0.15, 0.2) is 28.8 Å². The monoisotopic (exact) mass is 329 g/mol. The second-order valence-electron chi connectivity index (χ2n) is 6.06. The average Bonchev–Trinajstić information content (AvgIpc) is 3.23. The van der Waals surface area contributed by atoms with Gasteiger partial charge in [0.2, 0.25) is 11.8 Å². The Kier molecular flexibility index (Phi) is 5.13. The summed E-state index contributed by atoms with van der Waals surface area (Å²) in [5.41, 5.74) is 1.16. The number of amides is 1. The number of benzene rings is 1. The van der Waals surface area contributed by atoms with Gasteiger partial charge in [-0.25, -0.2) is 0 Å². The third-order valence-corrected chi connectivity index (χ3v) is 4.23. The standard InChI is InChI=1S/C18H23N3O3/c1-3-17(22)21-10-5-8-15(21)18-19-16(20-24-18)9-11-23-14-7-4-6-13(2)12-14/h4,6-7,12,15H,3,5,8-11H2,1-2H3. The van der Waals surface area contributed by atoms with Crippen molar-refractivity contribution < 1.29 is 14.1 Å². The molecule has 0 N–H and O–H groups in total. The van der Waals surface area contributed by atoms with Crippen LogP contribution >= 0.6 is 0 Å². The molecule has 0 aliphatic carbocycles. The summed E-state index contributed by atoms with van der Waals surface area (Å²) in [7, 11) is 0. The summed E-state index contributed by atoms with van der Waals surface area (Å²) < 4.78 is 11.1. The van der Waals surface area contributed by atoms with Gasteiger partial charge in [-0.3, -0.25) is 4.79 Å². The van der Waals surface area contributed by atoms with Crippen LogP contribution in [0.5, 0.6) is 5.75 Å². The third-order valence-electron chi connectivity index (χ3n) is 4.23. The molecule has 0 spiro atoms. The molecule has 1 atom stereocenters. The highest BCUT2D eigenvalue weighted by Gasteiger charge is 2.33. The average molecular weight is 329 g/mol. The molecule has 0 radical (unpaired) electrons. The topological polar surface area (TPSA) is 68.5 Å². The summed E-state index contributed by atoms with van der Waals surface area (Å²) in [6.45, 7) is 5.17. The van der Waals surface area contributed by atoms with E-state index in [2.05, 4.69) is 10.1 Å². The maximum Gasteiger partial charge on any atom is 0.249 e. The molecule has 1 unspecified atom stereocenters. The Balaban J connectivity index is 1.56. The molecule has 0 saturated carbocycles. The van der Waals surface area contributed by atoms with Crippen molar-refractivity contribution in [2.24, 2.45) is 0 Å². The van der Waals surface area contributed by atoms with Crippen LogP contribution in [0.3, 0.4) is 0 Å². The van der Waals surface area contributed by atoms with Crippen LogP contribution in [0.2, 0.25) is 0 Å². The van der Waals surface area contributed by atoms with Crippen molar-refractivity contribution in [2.75, 3.05) is 13.2 Å². The zero-order chi connectivity index (χ0) is 16.9. The largest absolute Gasteiger partial charge is 0.493 e. The molecular weight excluding hydrogens is 306 g/mol. The van der Waals surface area contributed by atoms with Crippen molar-refractivity contribution in [3.63, 3.8) is 0 Å². The Morgan fingerprint density at radius 3 is 3.12 bits per heavy atom. The minimum atomic E-state index is -0.0728. The first-order valence-corrected chi connectivity index (χ1v) is 8.48. The number of rotatable bonds is 6. The van der Waals surface area contributed by atoms with E-state index in [9.17, 15) is 4.79 Å². The van der Waals surface area contributed by atoms with Gasteiger partial charge in [0.05, 0.1) is 6.61 Å². The van der Waals surface area contributed by atoms with Crippen LogP contribution in [-0.4, -0.2) is 34.1 Å². The molecule has 128 valence electrons. The molecule has 24 heavy (non-hydrogen) atoms. The smallest absolute Gasteiger partial charge is 0.249 e. The molecule has 1 aromatic heterocycles. The lowest BCUT2D eigenvalue weighted by atomic mass is 10.2. The number of nitrogens with zero attached hydrogens (tertiary/aromatic N) is 3. The number of aryl methyl sites for hydroxylation is 1. The predicted octanol–water partition coefficient (Wildman–Crippen LogP) is 3.07. The lowest BCUT2D eigenvalue weighted by Gasteiger charge is -2.20. The molecule has 1 aliphatic rings. The molecule has 1 amide bonds. The zero-order valence-electron chi connectivity index (χ0n) is 14.2. The number of carbonyl (C=O) groups excluding carboxylic acids is 1. The van der Waals surface area contributed by atoms with E-state index in [1.165, 1.54) is 0 Å². The van der Waals surface area contributed by atoms with Crippen molar-refractivity contribution in [1.82, 2.24) is 15.0 Å². The maximum atomic E-state index is 12.0. The summed E-state index contributed by atoms with van der Waals surface area (Å²) in [5.74, 6) is 2.14. The van der Waals surface area contributed by atoms with Gasteiger partial charge in [0, 0.05) is 19.4 Å². The molecule has 1 aliphatic heterocycles. The van der Waals surface area contributed by atoms with Gasteiger partial charge in [-0.15, -0.1) is 0 Å². The Morgan fingerprint density at radius 2 is 2.33 bits per heavy atom. The fourth-order valence-corrected chi connectivity index (χ4v) is 2.99. The van der Waals surface area contributed by atoms with Crippen LogP contribution in [0.25, 0.3) is 0 Å². The number of aromatic nitrogens is 2. The van der Waals surface area contributed by atoms with Crippen molar-refractivity contribution in [3.05, 3.63) is 41.5 Å². The number of hydrogen-bond acceptors (Lipinski definition) is 5. The summed E-state index contributed by atoms with van der Waals surface area (Å²) in [6.07, 6.45) is 2.94. The Hall–Kier alpha value is -2.37. The molecule has 1 saturated heterocycles. The minimum Gasteiger partial charge on any atom is -0.493 e. The molecule has 2 aromatic rings. The van der Waals surface area contributed by atoms with Gasteiger partial charge in [0.15, 0.2) is 5.82 Å². The second kappa shape index (κ2) is 7.47. The highest BCUT2D eigenvalue weighted by Crippen LogP contribution is 2.31. The lowest BCUT2D eigenvalue weighted by molar-refractivity contribution is -0.132.